The first-order valence-corrected chi connectivity index (χ1v) is 6.13. The standard InChI is InChI=1S/C13H19NO2/c1-2-7-14-12-6-4-3-5-10(12)8-11(9-15)13(14)16/h8,15H,2-7,9H2,1H3. The third-order valence-electron chi connectivity index (χ3n) is 3.29. The van der Waals surface area contributed by atoms with Gasteiger partial charge >= 0.3 is 0 Å². The van der Waals surface area contributed by atoms with Crippen molar-refractivity contribution in [2.45, 2.75) is 52.2 Å². The summed E-state index contributed by atoms with van der Waals surface area (Å²) in [4.78, 5) is 12.1. The van der Waals surface area contributed by atoms with Crippen molar-refractivity contribution in [2.75, 3.05) is 0 Å². The lowest BCUT2D eigenvalue weighted by Gasteiger charge is -2.21. The van der Waals surface area contributed by atoms with Crippen LogP contribution >= 0.6 is 0 Å². The van der Waals surface area contributed by atoms with Crippen LogP contribution in [0.2, 0.25) is 0 Å². The number of aromatic nitrogens is 1. The minimum Gasteiger partial charge on any atom is -0.391 e. The molecule has 1 aromatic rings. The second-order valence-corrected chi connectivity index (χ2v) is 4.46. The number of aliphatic hydroxyl groups is 1. The van der Waals surface area contributed by atoms with E-state index in [-0.39, 0.29) is 12.2 Å². The zero-order valence-electron chi connectivity index (χ0n) is 9.83. The fourth-order valence-electron chi connectivity index (χ4n) is 2.52. The molecule has 0 bridgehead atoms. The number of aliphatic hydroxyl groups excluding tert-OH is 1. The van der Waals surface area contributed by atoms with Gasteiger partial charge in [-0.25, -0.2) is 0 Å². The van der Waals surface area contributed by atoms with Gasteiger partial charge in [0.15, 0.2) is 0 Å². The van der Waals surface area contributed by atoms with Crippen LogP contribution in [0.1, 0.15) is 43.0 Å². The topological polar surface area (TPSA) is 42.2 Å². The lowest BCUT2D eigenvalue weighted by atomic mass is 9.94. The van der Waals surface area contributed by atoms with Crippen molar-refractivity contribution in [1.82, 2.24) is 4.57 Å². The van der Waals surface area contributed by atoms with Crippen LogP contribution in [0.5, 0.6) is 0 Å². The quantitative estimate of drug-likeness (QED) is 0.843. The van der Waals surface area contributed by atoms with Gasteiger partial charge in [0.1, 0.15) is 0 Å². The minimum absolute atomic E-state index is 0.00463. The van der Waals surface area contributed by atoms with Crippen LogP contribution in [-0.2, 0) is 26.0 Å². The van der Waals surface area contributed by atoms with Gasteiger partial charge in [-0.3, -0.25) is 4.79 Å². The van der Waals surface area contributed by atoms with Crippen LogP contribution in [0.15, 0.2) is 10.9 Å². The number of fused-ring (bicyclic) bond motifs is 1. The molecule has 1 aromatic heterocycles. The second kappa shape index (κ2) is 4.83. The summed E-state index contributed by atoms with van der Waals surface area (Å²) in [6, 6.07) is 1.91. The van der Waals surface area contributed by atoms with Gasteiger partial charge in [-0.05, 0) is 43.7 Å². The van der Waals surface area contributed by atoms with Crippen molar-refractivity contribution in [3.05, 3.63) is 33.2 Å². The number of nitrogens with zero attached hydrogens (tertiary/aromatic N) is 1. The molecule has 0 fully saturated rings. The van der Waals surface area contributed by atoms with E-state index in [0.717, 1.165) is 25.8 Å². The predicted octanol–water partition coefficient (Wildman–Crippen LogP) is 1.63. The van der Waals surface area contributed by atoms with Crippen LogP contribution < -0.4 is 5.56 Å². The molecule has 2 rings (SSSR count). The Balaban J connectivity index is 2.57. The van der Waals surface area contributed by atoms with Gasteiger partial charge in [-0.1, -0.05) is 6.92 Å². The van der Waals surface area contributed by atoms with Crippen LogP contribution in [0.3, 0.4) is 0 Å². The van der Waals surface area contributed by atoms with Crippen molar-refractivity contribution >= 4 is 0 Å². The van der Waals surface area contributed by atoms with E-state index in [4.69, 9.17) is 0 Å². The first-order chi connectivity index (χ1) is 7.77. The molecule has 0 saturated heterocycles. The first-order valence-electron chi connectivity index (χ1n) is 6.13. The van der Waals surface area contributed by atoms with Crippen molar-refractivity contribution < 1.29 is 5.11 Å². The molecule has 1 aliphatic carbocycles. The van der Waals surface area contributed by atoms with Crippen LogP contribution in [0, 0.1) is 0 Å². The maximum absolute atomic E-state index is 12.1. The summed E-state index contributed by atoms with van der Waals surface area (Å²) in [7, 11) is 0. The van der Waals surface area contributed by atoms with E-state index >= 15 is 0 Å². The van der Waals surface area contributed by atoms with E-state index in [1.807, 2.05) is 10.6 Å². The van der Waals surface area contributed by atoms with Gasteiger partial charge in [-0.2, -0.15) is 0 Å². The lowest BCUT2D eigenvalue weighted by molar-refractivity contribution is 0.278. The van der Waals surface area contributed by atoms with Crippen molar-refractivity contribution in [3.63, 3.8) is 0 Å². The summed E-state index contributed by atoms with van der Waals surface area (Å²) in [5.41, 5.74) is 3.03. The van der Waals surface area contributed by atoms with Gasteiger partial charge < -0.3 is 9.67 Å². The maximum Gasteiger partial charge on any atom is 0.256 e. The fourth-order valence-corrected chi connectivity index (χ4v) is 2.52. The molecular formula is C13H19NO2. The second-order valence-electron chi connectivity index (χ2n) is 4.46. The zero-order valence-corrected chi connectivity index (χ0v) is 9.83. The molecule has 0 aliphatic heterocycles. The molecule has 0 radical (unpaired) electrons. The predicted molar refractivity (Wildman–Crippen MR) is 63.6 cm³/mol. The monoisotopic (exact) mass is 221 g/mol. The highest BCUT2D eigenvalue weighted by atomic mass is 16.3. The molecule has 0 atom stereocenters. The molecule has 0 unspecified atom stereocenters. The molecule has 3 nitrogen and oxygen atoms in total. The van der Waals surface area contributed by atoms with E-state index in [9.17, 15) is 9.90 Å². The molecule has 0 saturated carbocycles. The Hall–Kier alpha value is -1.09. The van der Waals surface area contributed by atoms with Crippen LogP contribution in [0.25, 0.3) is 0 Å². The Kier molecular flexibility index (Phi) is 3.44. The number of rotatable bonds is 3. The lowest BCUT2D eigenvalue weighted by Crippen LogP contribution is -2.29. The van der Waals surface area contributed by atoms with Gasteiger partial charge in [0.25, 0.3) is 5.56 Å². The summed E-state index contributed by atoms with van der Waals surface area (Å²) in [6.45, 7) is 2.71. The van der Waals surface area contributed by atoms with Gasteiger partial charge in [0.2, 0.25) is 0 Å². The summed E-state index contributed by atoms with van der Waals surface area (Å²) >= 11 is 0. The highest BCUT2D eigenvalue weighted by molar-refractivity contribution is 5.28. The maximum atomic E-state index is 12.1. The van der Waals surface area contributed by atoms with E-state index in [1.54, 1.807) is 0 Å². The average Bonchev–Trinajstić information content (AvgIpc) is 2.32. The van der Waals surface area contributed by atoms with E-state index in [1.165, 1.54) is 24.1 Å². The van der Waals surface area contributed by atoms with Crippen molar-refractivity contribution in [1.29, 1.82) is 0 Å². The normalized spacial score (nSPS) is 14.9. The largest absolute Gasteiger partial charge is 0.391 e. The Morgan fingerprint density at radius 3 is 2.81 bits per heavy atom. The van der Waals surface area contributed by atoms with Gasteiger partial charge in [0, 0.05) is 17.8 Å². The molecule has 3 heteroatoms. The third kappa shape index (κ3) is 1.92. The first kappa shape index (κ1) is 11.4. The molecule has 88 valence electrons. The molecule has 1 aliphatic rings. The van der Waals surface area contributed by atoms with E-state index in [2.05, 4.69) is 6.92 Å². The number of aryl methyl sites for hydroxylation is 1. The van der Waals surface area contributed by atoms with Crippen molar-refractivity contribution in [2.24, 2.45) is 0 Å². The smallest absolute Gasteiger partial charge is 0.256 e. The Morgan fingerprint density at radius 2 is 2.12 bits per heavy atom. The average molecular weight is 221 g/mol. The molecule has 0 amide bonds. The fraction of sp³-hybridized carbons (Fsp3) is 0.615. The number of hydrogen-bond donors (Lipinski definition) is 1. The molecule has 16 heavy (non-hydrogen) atoms. The van der Waals surface area contributed by atoms with Gasteiger partial charge in [0.05, 0.1) is 6.61 Å². The summed E-state index contributed by atoms with van der Waals surface area (Å²) in [5.74, 6) is 0. The van der Waals surface area contributed by atoms with Crippen molar-refractivity contribution in [3.8, 4) is 0 Å². The molecule has 1 heterocycles. The molecular weight excluding hydrogens is 202 g/mol. The Bertz CT molecular complexity index is 434. The number of hydrogen-bond acceptors (Lipinski definition) is 2. The van der Waals surface area contributed by atoms with Gasteiger partial charge in [-0.15, -0.1) is 0 Å². The van der Waals surface area contributed by atoms with E-state index in [0.29, 0.717) is 5.56 Å². The zero-order chi connectivity index (χ0) is 11.5. The minimum atomic E-state index is -0.143. The summed E-state index contributed by atoms with van der Waals surface area (Å²) in [6.07, 6.45) is 5.39. The van der Waals surface area contributed by atoms with E-state index < -0.39 is 0 Å². The Morgan fingerprint density at radius 1 is 1.38 bits per heavy atom. The Labute approximate surface area is 95.7 Å². The summed E-state index contributed by atoms with van der Waals surface area (Å²) in [5, 5.41) is 9.20. The molecule has 1 N–H and O–H groups in total. The molecule has 0 spiro atoms. The molecule has 0 aromatic carbocycles. The highest BCUT2D eigenvalue weighted by Gasteiger charge is 2.16. The summed E-state index contributed by atoms with van der Waals surface area (Å²) < 4.78 is 1.88. The van der Waals surface area contributed by atoms with Crippen LogP contribution in [0.4, 0.5) is 0 Å². The highest BCUT2D eigenvalue weighted by Crippen LogP contribution is 2.20. The number of pyridine rings is 1. The third-order valence-corrected chi connectivity index (χ3v) is 3.29. The van der Waals surface area contributed by atoms with Crippen LogP contribution in [-0.4, -0.2) is 9.67 Å². The SMILES string of the molecule is CCCn1c2c(cc(CO)c1=O)CCCC2.